The van der Waals surface area contributed by atoms with Crippen molar-refractivity contribution in [1.29, 1.82) is 0 Å². The summed E-state index contributed by atoms with van der Waals surface area (Å²) in [7, 11) is 0. The van der Waals surface area contributed by atoms with Crippen molar-refractivity contribution in [3.8, 4) is 34.2 Å². The molecule has 0 radical (unpaired) electrons. The van der Waals surface area contributed by atoms with E-state index < -0.39 is 0 Å². The lowest BCUT2D eigenvalue weighted by Gasteiger charge is -2.27. The van der Waals surface area contributed by atoms with Gasteiger partial charge in [-0.1, -0.05) is 128 Å². The zero-order valence-corrected chi connectivity index (χ0v) is 24.6. The average Bonchev–Trinajstić information content (AvgIpc) is 3.09. The maximum absolute atomic E-state index is 15.9. The van der Waals surface area contributed by atoms with E-state index in [0.717, 1.165) is 41.5 Å². The largest absolute Gasteiger partial charge is 0.208 e. The third-order valence-electron chi connectivity index (χ3n) is 8.26. The molecule has 1 atom stereocenters. The monoisotopic (exact) mass is 573 g/mol. The van der Waals surface area contributed by atoms with E-state index in [1.54, 1.807) is 6.07 Å². The number of halogens is 1. The molecule has 0 aliphatic heterocycles. The van der Waals surface area contributed by atoms with Crippen molar-refractivity contribution >= 4 is 11.1 Å². The standard InChI is InChI=1S/C40H32FN3/c1-27-13-11-20-31(25-27)34-22-12-21-33(28-14-5-2-6-15-28)37(34)32-23-24-36(41)35(26-32)40-43-38(29-16-7-3-8-17-29)42-39(44-40)30-18-9-4-10-19-30/h2-11,13-20,22-24,26-27H,12,21,25H2,1H3. The Kier molecular flexibility index (Phi) is 7.64. The van der Waals surface area contributed by atoms with Gasteiger partial charge in [-0.3, -0.25) is 0 Å². The summed E-state index contributed by atoms with van der Waals surface area (Å²) in [6, 6.07) is 35.5. The van der Waals surface area contributed by atoms with Crippen LogP contribution in [0, 0.1) is 11.7 Å². The SMILES string of the molecule is CC1C=CC=C(C2=CCCC(c3ccccc3)=C2c2ccc(F)c(-c3nc(-c4ccccc4)nc(-c4ccccc4)n3)c2)C1. The fourth-order valence-corrected chi connectivity index (χ4v) is 6.13. The minimum Gasteiger partial charge on any atom is -0.208 e. The normalized spacial score (nSPS) is 16.5. The Balaban J connectivity index is 1.42. The molecule has 1 heterocycles. The molecule has 0 bridgehead atoms. The molecule has 1 unspecified atom stereocenters. The quantitative estimate of drug-likeness (QED) is 0.203. The van der Waals surface area contributed by atoms with Crippen LogP contribution in [-0.4, -0.2) is 15.0 Å². The molecular formula is C40H32FN3. The summed E-state index contributed by atoms with van der Waals surface area (Å²) in [4.78, 5) is 14.5. The number of rotatable bonds is 6. The van der Waals surface area contributed by atoms with E-state index in [2.05, 4.69) is 55.5 Å². The van der Waals surface area contributed by atoms with Crippen LogP contribution in [-0.2, 0) is 0 Å². The molecule has 0 spiro atoms. The van der Waals surface area contributed by atoms with Crippen LogP contribution in [0.15, 0.2) is 145 Å². The predicted octanol–water partition coefficient (Wildman–Crippen LogP) is 10.2. The highest BCUT2D eigenvalue weighted by Gasteiger charge is 2.25. The first-order chi connectivity index (χ1) is 21.6. The second-order valence-electron chi connectivity index (χ2n) is 11.4. The molecule has 3 nitrogen and oxygen atoms in total. The summed E-state index contributed by atoms with van der Waals surface area (Å²) >= 11 is 0. The Morgan fingerprint density at radius 3 is 1.86 bits per heavy atom. The molecule has 0 fully saturated rings. The van der Waals surface area contributed by atoms with E-state index in [0.29, 0.717) is 29.0 Å². The summed E-state index contributed by atoms with van der Waals surface area (Å²) < 4.78 is 15.9. The minimum absolute atomic E-state index is 0.314. The average molecular weight is 574 g/mol. The van der Waals surface area contributed by atoms with Crippen LogP contribution >= 0.6 is 0 Å². The third kappa shape index (κ3) is 5.59. The Hall–Kier alpha value is -5.22. The first kappa shape index (κ1) is 27.6. The van der Waals surface area contributed by atoms with E-state index >= 15 is 4.39 Å². The molecule has 2 aliphatic rings. The number of aromatic nitrogens is 3. The summed E-state index contributed by atoms with van der Waals surface area (Å²) in [5.41, 5.74) is 9.17. The zero-order valence-electron chi connectivity index (χ0n) is 24.6. The minimum atomic E-state index is -0.366. The van der Waals surface area contributed by atoms with E-state index in [1.165, 1.54) is 22.3 Å². The molecule has 0 saturated carbocycles. The summed E-state index contributed by atoms with van der Waals surface area (Å²) in [6.45, 7) is 2.25. The van der Waals surface area contributed by atoms with E-state index in [-0.39, 0.29) is 5.82 Å². The summed E-state index contributed by atoms with van der Waals surface area (Å²) in [5, 5.41) is 0. The van der Waals surface area contributed by atoms with Gasteiger partial charge in [-0.2, -0.15) is 0 Å². The molecule has 1 aromatic heterocycles. The van der Waals surface area contributed by atoms with Crippen molar-refractivity contribution in [2.24, 2.45) is 5.92 Å². The lowest BCUT2D eigenvalue weighted by molar-refractivity contribution is 0.629. The maximum atomic E-state index is 15.9. The molecule has 2 aliphatic carbocycles. The molecule has 4 heteroatoms. The number of hydrogen-bond donors (Lipinski definition) is 0. The molecule has 44 heavy (non-hydrogen) atoms. The van der Waals surface area contributed by atoms with Gasteiger partial charge in [0, 0.05) is 11.1 Å². The molecular weight excluding hydrogens is 541 g/mol. The van der Waals surface area contributed by atoms with Gasteiger partial charge in [-0.15, -0.1) is 0 Å². The number of allylic oxidation sites excluding steroid dienone is 8. The fourth-order valence-electron chi connectivity index (χ4n) is 6.13. The van der Waals surface area contributed by atoms with Gasteiger partial charge in [0.25, 0.3) is 0 Å². The second-order valence-corrected chi connectivity index (χ2v) is 11.4. The second kappa shape index (κ2) is 12.2. The van der Waals surface area contributed by atoms with Crippen molar-refractivity contribution in [2.45, 2.75) is 26.2 Å². The topological polar surface area (TPSA) is 38.7 Å². The van der Waals surface area contributed by atoms with Gasteiger partial charge in [-0.05, 0) is 70.7 Å². The summed E-state index contributed by atoms with van der Waals surface area (Å²) in [6.07, 6.45) is 11.8. The van der Waals surface area contributed by atoms with Gasteiger partial charge in [0.05, 0.1) is 5.56 Å². The zero-order chi connectivity index (χ0) is 29.9. The van der Waals surface area contributed by atoms with Gasteiger partial charge < -0.3 is 0 Å². The molecule has 0 amide bonds. The van der Waals surface area contributed by atoms with Crippen molar-refractivity contribution in [3.63, 3.8) is 0 Å². The molecule has 5 aromatic rings. The Labute approximate surface area is 257 Å². The highest BCUT2D eigenvalue weighted by Crippen LogP contribution is 2.44. The lowest BCUT2D eigenvalue weighted by atomic mass is 9.77. The first-order valence-electron chi connectivity index (χ1n) is 15.2. The van der Waals surface area contributed by atoms with Crippen LogP contribution in [0.4, 0.5) is 4.39 Å². The van der Waals surface area contributed by atoms with Crippen molar-refractivity contribution in [1.82, 2.24) is 15.0 Å². The van der Waals surface area contributed by atoms with Crippen LogP contribution in [0.1, 0.15) is 37.3 Å². The highest BCUT2D eigenvalue weighted by molar-refractivity contribution is 6.02. The fraction of sp³-hybridized carbons (Fsp3) is 0.125. The predicted molar refractivity (Wildman–Crippen MR) is 178 cm³/mol. The van der Waals surface area contributed by atoms with Gasteiger partial charge in [0.15, 0.2) is 17.5 Å². The first-order valence-corrected chi connectivity index (χ1v) is 15.2. The molecule has 4 aromatic carbocycles. The van der Waals surface area contributed by atoms with E-state index in [4.69, 9.17) is 15.0 Å². The Morgan fingerprint density at radius 2 is 1.25 bits per heavy atom. The van der Waals surface area contributed by atoms with Gasteiger partial charge in [-0.25, -0.2) is 19.3 Å². The van der Waals surface area contributed by atoms with Crippen LogP contribution in [0.25, 0.3) is 45.3 Å². The van der Waals surface area contributed by atoms with Crippen LogP contribution in [0.5, 0.6) is 0 Å². The van der Waals surface area contributed by atoms with Gasteiger partial charge in [0.2, 0.25) is 0 Å². The maximum Gasteiger partial charge on any atom is 0.167 e. The molecule has 7 rings (SSSR count). The van der Waals surface area contributed by atoms with E-state index in [1.807, 2.05) is 78.9 Å². The van der Waals surface area contributed by atoms with E-state index in [9.17, 15) is 0 Å². The smallest absolute Gasteiger partial charge is 0.167 e. The van der Waals surface area contributed by atoms with Crippen molar-refractivity contribution in [3.05, 3.63) is 162 Å². The van der Waals surface area contributed by atoms with Crippen LogP contribution in [0.3, 0.4) is 0 Å². The van der Waals surface area contributed by atoms with Gasteiger partial charge >= 0.3 is 0 Å². The number of nitrogens with zero attached hydrogens (tertiary/aromatic N) is 3. The van der Waals surface area contributed by atoms with Crippen molar-refractivity contribution < 1.29 is 4.39 Å². The van der Waals surface area contributed by atoms with Gasteiger partial charge in [0.1, 0.15) is 5.82 Å². The number of benzene rings is 4. The third-order valence-corrected chi connectivity index (χ3v) is 8.26. The van der Waals surface area contributed by atoms with Crippen LogP contribution < -0.4 is 0 Å². The molecule has 214 valence electrons. The highest BCUT2D eigenvalue weighted by atomic mass is 19.1. The van der Waals surface area contributed by atoms with Crippen LogP contribution in [0.2, 0.25) is 0 Å². The Morgan fingerprint density at radius 1 is 0.659 bits per heavy atom. The number of hydrogen-bond acceptors (Lipinski definition) is 3. The molecule has 0 saturated heterocycles. The summed E-state index contributed by atoms with van der Waals surface area (Å²) in [5.74, 6) is 1.43. The Bertz CT molecular complexity index is 1880. The lowest BCUT2D eigenvalue weighted by Crippen LogP contribution is -2.08. The molecule has 0 N–H and O–H groups in total. The van der Waals surface area contributed by atoms with Crippen molar-refractivity contribution in [2.75, 3.05) is 0 Å².